The molecule has 1 aromatic heterocycles. The van der Waals surface area contributed by atoms with Crippen molar-refractivity contribution in [1.29, 1.82) is 0 Å². The van der Waals surface area contributed by atoms with Gasteiger partial charge in [-0.3, -0.25) is 0 Å². The van der Waals surface area contributed by atoms with Gasteiger partial charge in [-0.05, 0) is 19.8 Å². The summed E-state index contributed by atoms with van der Waals surface area (Å²) in [5.41, 5.74) is 0.870. The molecular formula is C13H21N3O2. The van der Waals surface area contributed by atoms with Crippen LogP contribution in [0.3, 0.4) is 0 Å². The van der Waals surface area contributed by atoms with Gasteiger partial charge in [-0.1, -0.05) is 12.8 Å². The molecule has 18 heavy (non-hydrogen) atoms. The number of nitrogens with one attached hydrogen (secondary N) is 1. The number of aliphatic hydroxyl groups excluding tert-OH is 1. The molecule has 2 rings (SSSR count). The van der Waals surface area contributed by atoms with Gasteiger partial charge in [0.05, 0.1) is 13.7 Å². The van der Waals surface area contributed by atoms with Crippen LogP contribution in [-0.4, -0.2) is 35.3 Å². The maximum absolute atomic E-state index is 9.54. The Balaban J connectivity index is 2.03. The van der Waals surface area contributed by atoms with Crippen LogP contribution in [0.1, 0.15) is 31.4 Å². The summed E-state index contributed by atoms with van der Waals surface area (Å²) in [5.74, 6) is 1.14. The van der Waals surface area contributed by atoms with Crippen molar-refractivity contribution in [2.45, 2.75) is 32.6 Å². The number of nitrogens with zero attached hydrogens (tertiary/aromatic N) is 2. The first kappa shape index (κ1) is 13.1. The monoisotopic (exact) mass is 251 g/mol. The van der Waals surface area contributed by atoms with Gasteiger partial charge in [-0.15, -0.1) is 0 Å². The molecule has 5 heteroatoms. The zero-order valence-electron chi connectivity index (χ0n) is 11.1. The van der Waals surface area contributed by atoms with Crippen LogP contribution in [0.15, 0.2) is 6.07 Å². The lowest BCUT2D eigenvalue weighted by atomic mass is 9.87. The van der Waals surface area contributed by atoms with Gasteiger partial charge < -0.3 is 15.2 Å². The highest BCUT2D eigenvalue weighted by Gasteiger charge is 2.33. The minimum Gasteiger partial charge on any atom is -0.481 e. The molecule has 1 fully saturated rings. The summed E-state index contributed by atoms with van der Waals surface area (Å²) in [5, 5.41) is 12.8. The molecule has 0 bridgehead atoms. The minimum atomic E-state index is 0.000339. The average molecular weight is 251 g/mol. The van der Waals surface area contributed by atoms with E-state index in [4.69, 9.17) is 4.74 Å². The second-order valence-electron chi connectivity index (χ2n) is 5.09. The minimum absolute atomic E-state index is 0.000339. The van der Waals surface area contributed by atoms with Crippen molar-refractivity contribution in [2.75, 3.05) is 25.6 Å². The van der Waals surface area contributed by atoms with Gasteiger partial charge in [0.15, 0.2) is 0 Å². The summed E-state index contributed by atoms with van der Waals surface area (Å²) in [6, 6.07) is 1.79. The third-order valence-electron chi connectivity index (χ3n) is 3.66. The zero-order chi connectivity index (χ0) is 13.0. The standard InChI is InChI=1S/C13H21N3O2/c1-10-7-11(18-2)16-12(15-10)14-8-13(9-17)5-3-4-6-13/h7,17H,3-6,8-9H2,1-2H3,(H,14,15,16). The Kier molecular flexibility index (Phi) is 4.01. The van der Waals surface area contributed by atoms with Gasteiger partial charge in [0, 0.05) is 23.7 Å². The van der Waals surface area contributed by atoms with E-state index in [1.54, 1.807) is 13.2 Å². The number of anilines is 1. The molecule has 2 N–H and O–H groups in total. The molecule has 0 amide bonds. The highest BCUT2D eigenvalue weighted by molar-refractivity contribution is 5.31. The van der Waals surface area contributed by atoms with Crippen LogP contribution < -0.4 is 10.1 Å². The smallest absolute Gasteiger partial charge is 0.226 e. The van der Waals surface area contributed by atoms with Crippen molar-refractivity contribution in [3.8, 4) is 5.88 Å². The second kappa shape index (κ2) is 5.52. The first-order valence-electron chi connectivity index (χ1n) is 6.42. The van der Waals surface area contributed by atoms with E-state index in [1.165, 1.54) is 12.8 Å². The second-order valence-corrected chi connectivity index (χ2v) is 5.09. The van der Waals surface area contributed by atoms with Gasteiger partial charge >= 0.3 is 0 Å². The third-order valence-corrected chi connectivity index (χ3v) is 3.66. The first-order valence-corrected chi connectivity index (χ1v) is 6.42. The average Bonchev–Trinajstić information content (AvgIpc) is 2.85. The predicted molar refractivity (Wildman–Crippen MR) is 69.8 cm³/mol. The van der Waals surface area contributed by atoms with Gasteiger partial charge in [0.25, 0.3) is 0 Å². The van der Waals surface area contributed by atoms with E-state index >= 15 is 0 Å². The first-order chi connectivity index (χ1) is 8.67. The number of methoxy groups -OCH3 is 1. The van der Waals surface area contributed by atoms with E-state index in [-0.39, 0.29) is 12.0 Å². The van der Waals surface area contributed by atoms with E-state index in [1.807, 2.05) is 6.92 Å². The molecule has 1 saturated carbocycles. The van der Waals surface area contributed by atoms with Crippen LogP contribution in [0.4, 0.5) is 5.95 Å². The fourth-order valence-electron chi connectivity index (χ4n) is 2.51. The number of ether oxygens (including phenoxy) is 1. The zero-order valence-corrected chi connectivity index (χ0v) is 11.1. The van der Waals surface area contributed by atoms with Crippen molar-refractivity contribution in [3.05, 3.63) is 11.8 Å². The van der Waals surface area contributed by atoms with Crippen LogP contribution in [-0.2, 0) is 0 Å². The molecule has 0 spiro atoms. The van der Waals surface area contributed by atoms with Crippen molar-refractivity contribution in [1.82, 2.24) is 9.97 Å². The Labute approximate surface area is 108 Å². The summed E-state index contributed by atoms with van der Waals surface area (Å²) in [7, 11) is 1.59. The molecule has 100 valence electrons. The molecule has 1 aliphatic rings. The van der Waals surface area contributed by atoms with Gasteiger partial charge in [0.1, 0.15) is 0 Å². The predicted octanol–water partition coefficient (Wildman–Crippen LogP) is 1.76. The summed E-state index contributed by atoms with van der Waals surface area (Å²) in [4.78, 5) is 8.58. The van der Waals surface area contributed by atoms with Gasteiger partial charge in [0.2, 0.25) is 11.8 Å². The topological polar surface area (TPSA) is 67.3 Å². The van der Waals surface area contributed by atoms with Crippen LogP contribution in [0.25, 0.3) is 0 Å². The normalized spacial score (nSPS) is 17.7. The maximum Gasteiger partial charge on any atom is 0.226 e. The molecule has 1 aliphatic carbocycles. The van der Waals surface area contributed by atoms with Crippen LogP contribution in [0.2, 0.25) is 0 Å². The van der Waals surface area contributed by atoms with Crippen LogP contribution in [0.5, 0.6) is 5.88 Å². The fraction of sp³-hybridized carbons (Fsp3) is 0.692. The van der Waals surface area contributed by atoms with Gasteiger partial charge in [-0.25, -0.2) is 4.98 Å². The van der Waals surface area contributed by atoms with Crippen LogP contribution in [0, 0.1) is 12.3 Å². The van der Waals surface area contributed by atoms with Crippen molar-refractivity contribution in [2.24, 2.45) is 5.41 Å². The summed E-state index contributed by atoms with van der Waals surface area (Å²) in [6.45, 7) is 2.85. The lowest BCUT2D eigenvalue weighted by molar-refractivity contribution is 0.142. The van der Waals surface area contributed by atoms with E-state index in [0.29, 0.717) is 11.8 Å². The van der Waals surface area contributed by atoms with Crippen molar-refractivity contribution < 1.29 is 9.84 Å². The lowest BCUT2D eigenvalue weighted by Crippen LogP contribution is -2.31. The largest absolute Gasteiger partial charge is 0.481 e. The molecule has 0 aliphatic heterocycles. The number of aryl methyl sites for hydroxylation is 1. The number of rotatable bonds is 5. The molecule has 0 unspecified atom stereocenters. The Morgan fingerprint density at radius 3 is 2.72 bits per heavy atom. The molecular weight excluding hydrogens is 230 g/mol. The quantitative estimate of drug-likeness (QED) is 0.834. The SMILES string of the molecule is COc1cc(C)nc(NCC2(CO)CCCC2)n1. The van der Waals surface area contributed by atoms with Crippen molar-refractivity contribution >= 4 is 5.95 Å². The maximum atomic E-state index is 9.54. The lowest BCUT2D eigenvalue weighted by Gasteiger charge is -2.26. The molecule has 0 radical (unpaired) electrons. The fourth-order valence-corrected chi connectivity index (χ4v) is 2.51. The highest BCUT2D eigenvalue weighted by Crippen LogP contribution is 2.37. The summed E-state index contributed by atoms with van der Waals surface area (Å²) < 4.78 is 5.12. The highest BCUT2D eigenvalue weighted by atomic mass is 16.5. The van der Waals surface area contributed by atoms with E-state index in [9.17, 15) is 5.11 Å². The molecule has 0 aromatic carbocycles. The number of hydrogen-bond acceptors (Lipinski definition) is 5. The van der Waals surface area contributed by atoms with Crippen molar-refractivity contribution in [3.63, 3.8) is 0 Å². The van der Waals surface area contributed by atoms with E-state index in [0.717, 1.165) is 25.1 Å². The molecule has 1 aromatic rings. The Morgan fingerprint density at radius 2 is 2.11 bits per heavy atom. The number of aromatic nitrogens is 2. The molecule has 0 atom stereocenters. The Bertz CT molecular complexity index is 403. The molecule has 5 nitrogen and oxygen atoms in total. The Hall–Kier alpha value is -1.36. The number of aliphatic hydroxyl groups is 1. The Morgan fingerprint density at radius 1 is 1.39 bits per heavy atom. The number of hydrogen-bond donors (Lipinski definition) is 2. The summed E-state index contributed by atoms with van der Waals surface area (Å²) >= 11 is 0. The third kappa shape index (κ3) is 2.90. The van der Waals surface area contributed by atoms with E-state index < -0.39 is 0 Å². The van der Waals surface area contributed by atoms with Crippen LogP contribution >= 0.6 is 0 Å². The molecule has 0 saturated heterocycles. The summed E-state index contributed by atoms with van der Waals surface area (Å²) in [6.07, 6.45) is 4.53. The molecule has 1 heterocycles. The van der Waals surface area contributed by atoms with E-state index in [2.05, 4.69) is 15.3 Å². The van der Waals surface area contributed by atoms with Gasteiger partial charge in [-0.2, -0.15) is 4.98 Å².